The SMILES string of the molecule is CN(c1nc2c(c(N[C@@H](CN3C4CCCC3CCC4)c3cnn(C)c3)n1)C[C@H](c1ccccc1)CC2)[C@@H](C1CCC(C(=O)O)CC1)C1CC1. The zero-order valence-corrected chi connectivity index (χ0v) is 29.5. The first-order chi connectivity index (χ1) is 23.9. The maximum Gasteiger partial charge on any atom is 0.306 e. The van der Waals surface area contributed by atoms with Gasteiger partial charge in [-0.3, -0.25) is 14.4 Å². The quantitative estimate of drug-likeness (QED) is 0.223. The Morgan fingerprint density at radius 1 is 0.939 bits per heavy atom. The van der Waals surface area contributed by atoms with Crippen LogP contribution in [-0.2, 0) is 24.7 Å². The van der Waals surface area contributed by atoms with E-state index in [1.165, 1.54) is 73.8 Å². The first-order valence-electron chi connectivity index (χ1n) is 19.3. The summed E-state index contributed by atoms with van der Waals surface area (Å²) in [5.41, 5.74) is 5.08. The van der Waals surface area contributed by atoms with Crippen molar-refractivity contribution in [1.29, 1.82) is 0 Å². The highest BCUT2D eigenvalue weighted by Crippen LogP contribution is 2.45. The van der Waals surface area contributed by atoms with Gasteiger partial charge in [-0.2, -0.15) is 10.1 Å². The molecule has 9 heteroatoms. The van der Waals surface area contributed by atoms with Gasteiger partial charge in [0.1, 0.15) is 5.82 Å². The monoisotopic (exact) mass is 665 g/mol. The van der Waals surface area contributed by atoms with Gasteiger partial charge in [-0.05, 0) is 107 Å². The first-order valence-corrected chi connectivity index (χ1v) is 19.3. The summed E-state index contributed by atoms with van der Waals surface area (Å²) in [4.78, 5) is 27.8. The lowest BCUT2D eigenvalue weighted by Crippen LogP contribution is -2.51. The molecule has 3 aliphatic carbocycles. The minimum Gasteiger partial charge on any atom is -0.481 e. The number of nitrogens with zero attached hydrogens (tertiary/aromatic N) is 6. The average molecular weight is 666 g/mol. The van der Waals surface area contributed by atoms with Gasteiger partial charge in [0.2, 0.25) is 5.95 Å². The van der Waals surface area contributed by atoms with E-state index in [-0.39, 0.29) is 12.0 Å². The molecule has 2 aliphatic heterocycles. The summed E-state index contributed by atoms with van der Waals surface area (Å²) in [5, 5.41) is 18.4. The first kappa shape index (κ1) is 32.7. The zero-order valence-electron chi connectivity index (χ0n) is 29.5. The largest absolute Gasteiger partial charge is 0.481 e. The summed E-state index contributed by atoms with van der Waals surface area (Å²) in [6.07, 6.45) is 21.1. The van der Waals surface area contributed by atoms with Crippen LogP contribution in [0.15, 0.2) is 42.7 Å². The third-order valence-electron chi connectivity index (χ3n) is 12.9. The number of carboxylic acids is 1. The van der Waals surface area contributed by atoms with Crippen LogP contribution in [0.2, 0.25) is 0 Å². The van der Waals surface area contributed by atoms with Gasteiger partial charge in [-0.15, -0.1) is 0 Å². The van der Waals surface area contributed by atoms with Gasteiger partial charge in [0.25, 0.3) is 0 Å². The van der Waals surface area contributed by atoms with Crippen molar-refractivity contribution in [3.05, 3.63) is 65.1 Å². The molecule has 9 nitrogen and oxygen atoms in total. The van der Waals surface area contributed by atoms with Crippen LogP contribution in [0.4, 0.5) is 11.8 Å². The highest BCUT2D eigenvalue weighted by molar-refractivity contribution is 5.70. The number of anilines is 2. The Bertz CT molecular complexity index is 1580. The van der Waals surface area contributed by atoms with E-state index in [2.05, 4.69) is 63.8 Å². The van der Waals surface area contributed by atoms with Crippen molar-refractivity contribution < 1.29 is 9.90 Å². The Morgan fingerprint density at radius 3 is 2.22 bits per heavy atom. The Kier molecular flexibility index (Phi) is 9.38. The Labute approximate surface area is 291 Å². The number of hydrogen-bond acceptors (Lipinski definition) is 7. The standard InChI is InChI=1S/C40H55N7O2/c1-45-24-31(23-41-45)36(25-47-32-10-6-11-33(47)13-7-12-32)42-38-34-22-30(26-8-4-3-5-9-26)20-21-35(34)43-40(44-38)46(2)37(27-14-15-27)28-16-18-29(19-17-28)39(48)49/h3-5,8-9,23-24,27-30,32-33,36-37H,6-7,10-22,25H2,1-2H3,(H,48,49)(H,42,43,44)/t28?,29?,30-,32?,33?,36+,37-/m1/s1. The molecule has 0 unspecified atom stereocenters. The molecule has 8 rings (SSSR count). The van der Waals surface area contributed by atoms with Crippen LogP contribution >= 0.6 is 0 Å². The number of benzene rings is 1. The minimum absolute atomic E-state index is 0.0784. The highest BCUT2D eigenvalue weighted by atomic mass is 16.4. The van der Waals surface area contributed by atoms with Crippen LogP contribution in [0.3, 0.4) is 0 Å². The van der Waals surface area contributed by atoms with Gasteiger partial charge >= 0.3 is 5.97 Å². The molecule has 4 fully saturated rings. The van der Waals surface area contributed by atoms with E-state index >= 15 is 0 Å². The van der Waals surface area contributed by atoms with Crippen LogP contribution in [0.25, 0.3) is 0 Å². The van der Waals surface area contributed by atoms with Gasteiger partial charge in [-0.25, -0.2) is 4.98 Å². The number of aromatic nitrogens is 4. The third kappa shape index (κ3) is 6.97. The van der Waals surface area contributed by atoms with Crippen molar-refractivity contribution in [1.82, 2.24) is 24.6 Å². The normalized spacial score (nSPS) is 28.3. The van der Waals surface area contributed by atoms with E-state index in [1.54, 1.807) is 0 Å². The molecular weight excluding hydrogens is 610 g/mol. The van der Waals surface area contributed by atoms with Crippen LogP contribution in [-0.4, -0.2) is 67.4 Å². The van der Waals surface area contributed by atoms with E-state index < -0.39 is 5.97 Å². The number of piperidine rings is 2. The predicted octanol–water partition coefficient (Wildman–Crippen LogP) is 7.15. The van der Waals surface area contributed by atoms with Crippen LogP contribution in [0.1, 0.15) is 118 Å². The fourth-order valence-electron chi connectivity index (χ4n) is 10.1. The molecule has 0 spiro atoms. The predicted molar refractivity (Wildman–Crippen MR) is 193 cm³/mol. The van der Waals surface area contributed by atoms with E-state index in [4.69, 9.17) is 9.97 Å². The molecule has 2 N–H and O–H groups in total. The molecule has 262 valence electrons. The molecule has 3 atom stereocenters. The number of nitrogens with one attached hydrogen (secondary N) is 1. The van der Waals surface area contributed by atoms with Crippen molar-refractivity contribution in [3.63, 3.8) is 0 Å². The summed E-state index contributed by atoms with van der Waals surface area (Å²) in [6.45, 7) is 0.963. The minimum atomic E-state index is -0.631. The van der Waals surface area contributed by atoms with Gasteiger partial charge in [0.15, 0.2) is 0 Å². The summed E-state index contributed by atoms with van der Waals surface area (Å²) in [7, 11) is 4.23. The summed E-state index contributed by atoms with van der Waals surface area (Å²) in [6, 6.07) is 12.8. The Balaban J connectivity index is 1.14. The van der Waals surface area contributed by atoms with Crippen LogP contribution < -0.4 is 10.2 Å². The van der Waals surface area contributed by atoms with E-state index in [0.29, 0.717) is 35.9 Å². The number of hydrogen-bond donors (Lipinski definition) is 2. The maximum atomic E-state index is 11.7. The lowest BCUT2D eigenvalue weighted by molar-refractivity contribution is -0.143. The molecule has 2 bridgehead atoms. The molecule has 5 aliphatic rings. The lowest BCUT2D eigenvalue weighted by atomic mass is 9.77. The molecule has 2 saturated heterocycles. The van der Waals surface area contributed by atoms with E-state index in [0.717, 1.165) is 63.3 Å². The molecule has 1 aromatic carbocycles. The number of aliphatic carboxylic acids is 1. The van der Waals surface area contributed by atoms with Crippen LogP contribution in [0, 0.1) is 17.8 Å². The number of fused-ring (bicyclic) bond motifs is 3. The molecule has 49 heavy (non-hydrogen) atoms. The molecule has 4 heterocycles. The van der Waals surface area contributed by atoms with E-state index in [9.17, 15) is 9.90 Å². The van der Waals surface area contributed by atoms with Crippen molar-refractivity contribution in [3.8, 4) is 0 Å². The van der Waals surface area contributed by atoms with Gasteiger partial charge < -0.3 is 15.3 Å². The fourth-order valence-corrected chi connectivity index (χ4v) is 10.1. The van der Waals surface area contributed by atoms with Crippen molar-refractivity contribution in [2.45, 2.75) is 126 Å². The number of carboxylic acid groups (broad SMARTS) is 1. The summed E-state index contributed by atoms with van der Waals surface area (Å²) < 4.78 is 1.93. The van der Waals surface area contributed by atoms with Gasteiger partial charge in [0, 0.05) is 56.1 Å². The molecular formula is C40H55N7O2. The van der Waals surface area contributed by atoms with Gasteiger partial charge in [0.05, 0.1) is 23.9 Å². The number of carbonyl (C=O) groups is 1. The molecule has 2 saturated carbocycles. The number of aryl methyl sites for hydroxylation is 2. The average Bonchev–Trinajstić information content (AvgIpc) is 3.85. The smallest absolute Gasteiger partial charge is 0.306 e. The topological polar surface area (TPSA) is 99.4 Å². The summed E-state index contributed by atoms with van der Waals surface area (Å²) in [5.74, 6) is 2.56. The van der Waals surface area contributed by atoms with Crippen LogP contribution in [0.5, 0.6) is 0 Å². The zero-order chi connectivity index (χ0) is 33.5. The Hall–Kier alpha value is -3.46. The molecule has 3 aromatic rings. The van der Waals surface area contributed by atoms with Gasteiger partial charge in [-0.1, -0.05) is 43.2 Å². The molecule has 2 aromatic heterocycles. The van der Waals surface area contributed by atoms with E-state index in [1.807, 2.05) is 17.9 Å². The second-order valence-corrected chi connectivity index (χ2v) is 16.0. The summed E-state index contributed by atoms with van der Waals surface area (Å²) >= 11 is 0. The number of rotatable bonds is 11. The Morgan fingerprint density at radius 2 is 1.61 bits per heavy atom. The highest BCUT2D eigenvalue weighted by Gasteiger charge is 2.43. The second-order valence-electron chi connectivity index (χ2n) is 16.0. The lowest BCUT2D eigenvalue weighted by Gasteiger charge is -2.47. The second kappa shape index (κ2) is 14.0. The fraction of sp³-hybridized carbons (Fsp3) is 0.650. The third-order valence-corrected chi connectivity index (χ3v) is 12.9. The van der Waals surface area contributed by atoms with Crippen molar-refractivity contribution in [2.75, 3.05) is 23.8 Å². The van der Waals surface area contributed by atoms with Crippen molar-refractivity contribution in [2.24, 2.45) is 24.8 Å². The van der Waals surface area contributed by atoms with Crippen molar-refractivity contribution >= 4 is 17.7 Å². The molecule has 0 amide bonds. The molecule has 0 radical (unpaired) electrons. The maximum absolute atomic E-state index is 11.7.